The van der Waals surface area contributed by atoms with Crippen molar-refractivity contribution in [1.29, 1.82) is 0 Å². The van der Waals surface area contributed by atoms with Crippen LogP contribution in [0.25, 0.3) is 10.2 Å². The largest absolute Gasteiger partial charge is 0.506 e. The van der Waals surface area contributed by atoms with Gasteiger partial charge in [0.25, 0.3) is 0 Å². The lowest BCUT2D eigenvalue weighted by Gasteiger charge is -2.12. The maximum Gasteiger partial charge on any atom is 0.143 e. The molecule has 5 heteroatoms. The Labute approximate surface area is 162 Å². The van der Waals surface area contributed by atoms with E-state index in [0.717, 1.165) is 27.4 Å². The lowest BCUT2D eigenvalue weighted by atomic mass is 10.1. The molecular formula is C22H21N3OS. The van der Waals surface area contributed by atoms with Crippen LogP contribution in [0.1, 0.15) is 27.4 Å². The number of rotatable bonds is 4. The van der Waals surface area contributed by atoms with Crippen LogP contribution in [0.5, 0.6) is 5.75 Å². The molecule has 2 N–H and O–H groups in total. The third kappa shape index (κ3) is 3.51. The van der Waals surface area contributed by atoms with Gasteiger partial charge in [-0.15, -0.1) is 11.3 Å². The number of aromatic nitrogens is 2. The van der Waals surface area contributed by atoms with E-state index in [2.05, 4.69) is 31.3 Å². The van der Waals surface area contributed by atoms with Gasteiger partial charge in [0.05, 0.1) is 11.1 Å². The predicted octanol–water partition coefficient (Wildman–Crippen LogP) is 5.66. The fourth-order valence-corrected chi connectivity index (χ4v) is 4.17. The molecule has 0 amide bonds. The summed E-state index contributed by atoms with van der Waals surface area (Å²) in [4.78, 5) is 11.8. The van der Waals surface area contributed by atoms with Gasteiger partial charge in [-0.2, -0.15) is 0 Å². The summed E-state index contributed by atoms with van der Waals surface area (Å²) in [6, 6.07) is 15.7. The molecule has 0 aliphatic heterocycles. The van der Waals surface area contributed by atoms with E-state index >= 15 is 0 Å². The van der Waals surface area contributed by atoms with Gasteiger partial charge >= 0.3 is 0 Å². The van der Waals surface area contributed by atoms with E-state index in [-0.39, 0.29) is 5.75 Å². The second-order valence-corrected chi connectivity index (χ2v) is 7.96. The maximum absolute atomic E-state index is 10.2. The van der Waals surface area contributed by atoms with Gasteiger partial charge in [0, 0.05) is 11.3 Å². The van der Waals surface area contributed by atoms with E-state index in [9.17, 15) is 5.11 Å². The molecule has 0 radical (unpaired) electrons. The van der Waals surface area contributed by atoms with Gasteiger partial charge in [0.1, 0.15) is 22.2 Å². The zero-order valence-corrected chi connectivity index (χ0v) is 16.4. The highest BCUT2D eigenvalue weighted by atomic mass is 32.1. The molecule has 0 bridgehead atoms. The van der Waals surface area contributed by atoms with Crippen LogP contribution in [0, 0.1) is 20.8 Å². The van der Waals surface area contributed by atoms with Gasteiger partial charge in [-0.25, -0.2) is 9.97 Å². The number of aryl methyl sites for hydroxylation is 3. The average molecular weight is 375 g/mol. The number of nitrogens with one attached hydrogen (secondary N) is 1. The first-order valence-corrected chi connectivity index (χ1v) is 9.70. The summed E-state index contributed by atoms with van der Waals surface area (Å²) in [6.07, 6.45) is 0.668. The summed E-state index contributed by atoms with van der Waals surface area (Å²) >= 11 is 1.68. The average Bonchev–Trinajstić information content (AvgIpc) is 2.93. The van der Waals surface area contributed by atoms with Crippen molar-refractivity contribution in [2.24, 2.45) is 0 Å². The Hall–Kier alpha value is -2.92. The van der Waals surface area contributed by atoms with Crippen LogP contribution >= 0.6 is 11.3 Å². The number of anilines is 2. The van der Waals surface area contributed by atoms with E-state index in [4.69, 9.17) is 9.97 Å². The Kier molecular flexibility index (Phi) is 4.54. The Balaban J connectivity index is 1.82. The van der Waals surface area contributed by atoms with Crippen molar-refractivity contribution in [2.45, 2.75) is 27.2 Å². The topological polar surface area (TPSA) is 58.0 Å². The molecule has 0 unspecified atom stereocenters. The van der Waals surface area contributed by atoms with Crippen molar-refractivity contribution in [2.75, 3.05) is 5.32 Å². The summed E-state index contributed by atoms with van der Waals surface area (Å²) in [5, 5.41) is 14.6. The number of thiophene rings is 1. The molecule has 4 rings (SSSR count). The van der Waals surface area contributed by atoms with Crippen LogP contribution in [0.3, 0.4) is 0 Å². The summed E-state index contributed by atoms with van der Waals surface area (Å²) in [6.45, 7) is 6.20. The second-order valence-electron chi connectivity index (χ2n) is 6.76. The van der Waals surface area contributed by atoms with Crippen molar-refractivity contribution in [3.05, 3.63) is 75.9 Å². The fourth-order valence-electron chi connectivity index (χ4n) is 3.12. The van der Waals surface area contributed by atoms with Gasteiger partial charge in [0.2, 0.25) is 0 Å². The molecule has 0 saturated carbocycles. The smallest absolute Gasteiger partial charge is 0.143 e. The van der Waals surface area contributed by atoms with Gasteiger partial charge in [0.15, 0.2) is 0 Å². The quantitative estimate of drug-likeness (QED) is 0.452. The summed E-state index contributed by atoms with van der Waals surface area (Å²) in [7, 11) is 0. The number of phenolic OH excluding ortho intramolecular Hbond substituents is 1. The van der Waals surface area contributed by atoms with Gasteiger partial charge in [-0.1, -0.05) is 36.4 Å². The molecule has 4 nitrogen and oxygen atoms in total. The molecule has 0 fully saturated rings. The standard InChI is InChI=1S/C22H21N3OS/c1-13-9-10-18(26)17(11-13)23-21-20-14(2)15(3)27-22(20)25-19(24-21)12-16-7-5-4-6-8-16/h4-11,26H,12H2,1-3H3,(H,23,24,25). The first-order valence-electron chi connectivity index (χ1n) is 8.88. The van der Waals surface area contributed by atoms with E-state index in [1.165, 1.54) is 16.0 Å². The minimum Gasteiger partial charge on any atom is -0.506 e. The number of benzene rings is 2. The van der Waals surface area contributed by atoms with E-state index in [0.29, 0.717) is 12.1 Å². The highest BCUT2D eigenvalue weighted by Crippen LogP contribution is 2.36. The summed E-state index contributed by atoms with van der Waals surface area (Å²) in [5.74, 6) is 1.72. The van der Waals surface area contributed by atoms with Gasteiger partial charge in [-0.3, -0.25) is 0 Å². The number of aromatic hydroxyl groups is 1. The van der Waals surface area contributed by atoms with Crippen molar-refractivity contribution in [3.8, 4) is 5.75 Å². The molecule has 0 saturated heterocycles. The predicted molar refractivity (Wildman–Crippen MR) is 112 cm³/mol. The third-order valence-electron chi connectivity index (χ3n) is 4.69. The van der Waals surface area contributed by atoms with E-state index in [1.807, 2.05) is 37.3 Å². The van der Waals surface area contributed by atoms with Gasteiger partial charge < -0.3 is 10.4 Å². The SMILES string of the molecule is Cc1ccc(O)c(Nc2nc(Cc3ccccc3)nc3sc(C)c(C)c23)c1. The first-order chi connectivity index (χ1) is 13.0. The van der Waals surface area contributed by atoms with Gasteiger partial charge in [-0.05, 0) is 49.6 Å². The monoisotopic (exact) mass is 375 g/mol. The van der Waals surface area contributed by atoms with Crippen molar-refractivity contribution in [1.82, 2.24) is 9.97 Å². The molecule has 0 aliphatic carbocycles. The zero-order chi connectivity index (χ0) is 19.0. The van der Waals surface area contributed by atoms with Crippen molar-refractivity contribution in [3.63, 3.8) is 0 Å². The molecule has 136 valence electrons. The van der Waals surface area contributed by atoms with Crippen LogP contribution in [0.2, 0.25) is 0 Å². The highest BCUT2D eigenvalue weighted by Gasteiger charge is 2.16. The Morgan fingerprint density at radius 1 is 1.00 bits per heavy atom. The number of fused-ring (bicyclic) bond motifs is 1. The zero-order valence-electron chi connectivity index (χ0n) is 15.6. The molecule has 0 spiro atoms. The van der Waals surface area contributed by atoms with E-state index < -0.39 is 0 Å². The second kappa shape index (κ2) is 7.00. The first kappa shape index (κ1) is 17.5. The number of phenols is 1. The number of hydrogen-bond acceptors (Lipinski definition) is 5. The molecule has 0 aliphatic rings. The minimum absolute atomic E-state index is 0.210. The van der Waals surface area contributed by atoms with Crippen molar-refractivity contribution < 1.29 is 5.11 Å². The Morgan fingerprint density at radius 2 is 1.78 bits per heavy atom. The normalized spacial score (nSPS) is 11.1. The number of hydrogen-bond donors (Lipinski definition) is 2. The van der Waals surface area contributed by atoms with Crippen LogP contribution in [0.4, 0.5) is 11.5 Å². The maximum atomic E-state index is 10.2. The van der Waals surface area contributed by atoms with Crippen LogP contribution in [-0.2, 0) is 6.42 Å². The molecular weight excluding hydrogens is 354 g/mol. The highest BCUT2D eigenvalue weighted by molar-refractivity contribution is 7.18. The Bertz CT molecular complexity index is 1120. The minimum atomic E-state index is 0.210. The lowest BCUT2D eigenvalue weighted by Crippen LogP contribution is -2.02. The Morgan fingerprint density at radius 3 is 2.56 bits per heavy atom. The third-order valence-corrected chi connectivity index (χ3v) is 5.79. The number of nitrogens with zero attached hydrogens (tertiary/aromatic N) is 2. The summed E-state index contributed by atoms with van der Waals surface area (Å²) < 4.78 is 0. The molecule has 2 heterocycles. The van der Waals surface area contributed by atoms with Crippen molar-refractivity contribution >= 4 is 33.1 Å². The van der Waals surface area contributed by atoms with E-state index in [1.54, 1.807) is 17.4 Å². The molecule has 0 atom stereocenters. The molecule has 4 aromatic rings. The van der Waals surface area contributed by atoms with Crippen LogP contribution < -0.4 is 5.32 Å². The molecule has 2 aromatic heterocycles. The fraction of sp³-hybridized carbons (Fsp3) is 0.182. The molecule has 27 heavy (non-hydrogen) atoms. The van der Waals surface area contributed by atoms with Crippen LogP contribution in [0.15, 0.2) is 48.5 Å². The lowest BCUT2D eigenvalue weighted by molar-refractivity contribution is 0.477. The van der Waals surface area contributed by atoms with Crippen LogP contribution in [-0.4, -0.2) is 15.1 Å². The molecule has 2 aromatic carbocycles. The summed E-state index contributed by atoms with van der Waals surface area (Å²) in [5.41, 5.74) is 4.08.